The predicted octanol–water partition coefficient (Wildman–Crippen LogP) is 11.5. The molecule has 0 aromatic rings. The normalized spacial score (nSPS) is 13.3. The zero-order chi connectivity index (χ0) is 39.3. The lowest BCUT2D eigenvalue weighted by Crippen LogP contribution is -2.50. The molecule has 0 aliphatic carbocycles. The van der Waals surface area contributed by atoms with Crippen LogP contribution in [0.4, 0.5) is 0 Å². The highest BCUT2D eigenvalue weighted by Crippen LogP contribution is 2.15. The molecule has 0 bridgehead atoms. The smallest absolute Gasteiger partial charge is 0.362 e. The maximum atomic E-state index is 12.7. The van der Waals surface area contributed by atoms with Gasteiger partial charge in [-0.3, -0.25) is 9.59 Å². The van der Waals surface area contributed by atoms with Gasteiger partial charge in [-0.2, -0.15) is 0 Å². The topological polar surface area (TPSA) is 99.1 Å². The van der Waals surface area contributed by atoms with Gasteiger partial charge in [-0.25, -0.2) is 4.79 Å². The lowest BCUT2D eigenvalue weighted by Gasteiger charge is -2.31. The summed E-state index contributed by atoms with van der Waals surface area (Å²) in [5.41, 5.74) is 0. The van der Waals surface area contributed by atoms with Crippen LogP contribution in [0, 0.1) is 0 Å². The van der Waals surface area contributed by atoms with Crippen LogP contribution in [0.3, 0.4) is 0 Å². The number of hydrogen-bond donors (Lipinski definition) is 1. The molecule has 0 heterocycles. The molecule has 0 aliphatic rings. The first-order valence-corrected chi connectivity index (χ1v) is 21.5. The van der Waals surface area contributed by atoms with Crippen LogP contribution in [0.5, 0.6) is 0 Å². The van der Waals surface area contributed by atoms with Gasteiger partial charge in [-0.15, -0.1) is 0 Å². The first-order chi connectivity index (χ1) is 25.6. The zero-order valence-electron chi connectivity index (χ0n) is 35.0. The highest BCUT2D eigenvalue weighted by molar-refractivity contribution is 5.72. The Labute approximate surface area is 325 Å². The van der Waals surface area contributed by atoms with Gasteiger partial charge in [0.1, 0.15) is 6.61 Å². The van der Waals surface area contributed by atoms with Gasteiger partial charge in [-0.1, -0.05) is 153 Å². The number of ether oxygens (including phenoxy) is 3. The van der Waals surface area contributed by atoms with Gasteiger partial charge in [-0.05, 0) is 44.9 Å². The summed E-state index contributed by atoms with van der Waals surface area (Å²) in [7, 11) is 5.52. The van der Waals surface area contributed by atoms with Crippen molar-refractivity contribution in [1.82, 2.24) is 0 Å². The maximum Gasteiger partial charge on any atom is 0.362 e. The molecule has 8 nitrogen and oxygen atoms in total. The van der Waals surface area contributed by atoms with E-state index in [2.05, 4.69) is 50.3 Å². The minimum absolute atomic E-state index is 0.0555. The Morgan fingerprint density at radius 3 is 1.57 bits per heavy atom. The number of quaternary nitrogens is 1. The van der Waals surface area contributed by atoms with Gasteiger partial charge >= 0.3 is 17.9 Å². The van der Waals surface area contributed by atoms with Crippen molar-refractivity contribution in [2.24, 2.45) is 0 Å². The number of rotatable bonds is 38. The number of aliphatic carboxylic acids is 1. The minimum atomic E-state index is -0.878. The monoisotopic (exact) mass is 749 g/mol. The lowest BCUT2D eigenvalue weighted by molar-refractivity contribution is -0.887. The SMILES string of the molecule is CC/C=C\C/C=C\C/C=C\CCCCCCCC(=O)OC(COCCC(C(=O)O)[N+](C)(C)C)COC(=O)CCCCCCCCCCCCCCCC. The number of carbonyl (C=O) groups excluding carboxylic acids is 2. The van der Waals surface area contributed by atoms with Gasteiger partial charge in [0, 0.05) is 19.3 Å². The van der Waals surface area contributed by atoms with Crippen molar-refractivity contribution in [2.45, 2.75) is 193 Å². The van der Waals surface area contributed by atoms with Crippen molar-refractivity contribution in [3.63, 3.8) is 0 Å². The molecule has 0 rings (SSSR count). The average molecular weight is 749 g/mol. The molecule has 53 heavy (non-hydrogen) atoms. The number of carboxylic acids is 1. The third-order valence-corrected chi connectivity index (χ3v) is 9.55. The van der Waals surface area contributed by atoms with E-state index in [4.69, 9.17) is 14.2 Å². The second-order valence-corrected chi connectivity index (χ2v) is 15.6. The van der Waals surface area contributed by atoms with Crippen LogP contribution in [-0.2, 0) is 28.6 Å². The summed E-state index contributed by atoms with van der Waals surface area (Å²) < 4.78 is 17.3. The van der Waals surface area contributed by atoms with Gasteiger partial charge in [0.2, 0.25) is 0 Å². The summed E-state index contributed by atoms with van der Waals surface area (Å²) in [6.45, 7) is 4.61. The Morgan fingerprint density at radius 2 is 1.06 bits per heavy atom. The van der Waals surface area contributed by atoms with Gasteiger partial charge < -0.3 is 23.8 Å². The Bertz CT molecular complexity index is 968. The van der Waals surface area contributed by atoms with Crippen LogP contribution in [0.25, 0.3) is 0 Å². The van der Waals surface area contributed by atoms with E-state index < -0.39 is 18.1 Å². The molecule has 2 unspecified atom stereocenters. The van der Waals surface area contributed by atoms with Crippen LogP contribution >= 0.6 is 0 Å². The molecule has 0 saturated heterocycles. The maximum absolute atomic E-state index is 12.7. The first-order valence-electron chi connectivity index (χ1n) is 21.5. The van der Waals surface area contributed by atoms with Crippen molar-refractivity contribution in [3.05, 3.63) is 36.5 Å². The average Bonchev–Trinajstić information content (AvgIpc) is 3.11. The molecule has 0 amide bonds. The highest BCUT2D eigenvalue weighted by atomic mass is 16.6. The number of allylic oxidation sites excluding steroid dienone is 6. The van der Waals surface area contributed by atoms with E-state index in [9.17, 15) is 19.5 Å². The second-order valence-electron chi connectivity index (χ2n) is 15.6. The lowest BCUT2D eigenvalue weighted by atomic mass is 10.0. The molecule has 0 aromatic carbocycles. The number of esters is 2. The van der Waals surface area contributed by atoms with E-state index in [0.717, 1.165) is 77.0 Å². The van der Waals surface area contributed by atoms with E-state index in [1.54, 1.807) is 0 Å². The highest BCUT2D eigenvalue weighted by Gasteiger charge is 2.31. The van der Waals surface area contributed by atoms with Crippen molar-refractivity contribution >= 4 is 17.9 Å². The Balaban J connectivity index is 4.38. The van der Waals surface area contributed by atoms with E-state index in [1.165, 1.54) is 70.6 Å². The standard InChI is InChI=1S/C45H81NO7/c1-6-8-10-12-14-16-18-20-22-24-26-28-30-32-34-36-44(48)53-41(39-51-38-37-42(45(49)50)46(3,4)5)40-52-43(47)35-33-31-29-27-25-23-21-19-17-15-13-11-9-7-2/h8,10,14,16,20,22,41-42H,6-7,9,11-13,15,17-19,21,23-40H2,1-5H3/p+1/b10-8-,16-14-,22-20-. The molecular weight excluding hydrogens is 666 g/mol. The number of hydrogen-bond acceptors (Lipinski definition) is 6. The largest absolute Gasteiger partial charge is 0.477 e. The van der Waals surface area contributed by atoms with E-state index >= 15 is 0 Å². The van der Waals surface area contributed by atoms with Gasteiger partial charge in [0.15, 0.2) is 12.1 Å². The van der Waals surface area contributed by atoms with E-state index in [0.29, 0.717) is 19.3 Å². The molecule has 0 aromatic heterocycles. The van der Waals surface area contributed by atoms with Crippen LogP contribution in [-0.4, -0.2) is 80.6 Å². The predicted molar refractivity (Wildman–Crippen MR) is 220 cm³/mol. The van der Waals surface area contributed by atoms with Crippen molar-refractivity contribution in [3.8, 4) is 0 Å². The molecule has 0 aliphatic heterocycles. The first kappa shape index (κ1) is 50.5. The van der Waals surface area contributed by atoms with Crippen molar-refractivity contribution in [1.29, 1.82) is 0 Å². The minimum Gasteiger partial charge on any atom is -0.477 e. The van der Waals surface area contributed by atoms with E-state index in [-0.39, 0.29) is 36.2 Å². The fourth-order valence-corrected chi connectivity index (χ4v) is 6.22. The molecule has 8 heteroatoms. The van der Waals surface area contributed by atoms with Crippen molar-refractivity contribution < 1.29 is 38.2 Å². The summed E-state index contributed by atoms with van der Waals surface area (Å²) in [5, 5.41) is 9.61. The fraction of sp³-hybridized carbons (Fsp3) is 0.800. The third-order valence-electron chi connectivity index (χ3n) is 9.55. The summed E-state index contributed by atoms with van der Waals surface area (Å²) in [6, 6.07) is -0.616. The Kier molecular flexibility index (Phi) is 34.8. The number of carboxylic acid groups (broad SMARTS) is 1. The van der Waals surface area contributed by atoms with Crippen LogP contribution in [0.1, 0.15) is 181 Å². The fourth-order valence-electron chi connectivity index (χ4n) is 6.22. The quantitative estimate of drug-likeness (QED) is 0.0290. The van der Waals surface area contributed by atoms with E-state index in [1.807, 2.05) is 21.1 Å². The Hall–Kier alpha value is -2.45. The number of carbonyl (C=O) groups is 3. The van der Waals surface area contributed by atoms with Crippen LogP contribution < -0.4 is 0 Å². The van der Waals surface area contributed by atoms with Gasteiger partial charge in [0.25, 0.3) is 0 Å². The summed E-state index contributed by atoms with van der Waals surface area (Å²) in [5.74, 6) is -1.48. The Morgan fingerprint density at radius 1 is 0.585 bits per heavy atom. The number of likely N-dealkylation sites (N-methyl/N-ethyl adjacent to an activating group) is 1. The molecule has 2 atom stereocenters. The molecule has 0 spiro atoms. The number of unbranched alkanes of at least 4 members (excludes halogenated alkanes) is 18. The van der Waals surface area contributed by atoms with Gasteiger partial charge in [0.05, 0.1) is 34.4 Å². The molecular formula is C45H82NO7+. The molecule has 0 saturated carbocycles. The molecule has 1 N–H and O–H groups in total. The second kappa shape index (κ2) is 36.5. The number of nitrogens with zero attached hydrogens (tertiary/aromatic N) is 1. The summed E-state index contributed by atoms with van der Waals surface area (Å²) in [6.07, 6.45) is 40.4. The summed E-state index contributed by atoms with van der Waals surface area (Å²) in [4.78, 5) is 36.9. The molecule has 0 radical (unpaired) electrons. The molecule has 308 valence electrons. The van der Waals surface area contributed by atoms with Crippen molar-refractivity contribution in [2.75, 3.05) is 41.0 Å². The summed E-state index contributed by atoms with van der Waals surface area (Å²) >= 11 is 0. The zero-order valence-corrected chi connectivity index (χ0v) is 35.0. The third kappa shape index (κ3) is 35.0. The molecule has 0 fully saturated rings. The van der Waals surface area contributed by atoms with Crippen LogP contribution in [0.15, 0.2) is 36.5 Å². The van der Waals surface area contributed by atoms with Crippen LogP contribution in [0.2, 0.25) is 0 Å².